The molecule has 1 aliphatic rings. The molecule has 2 amide bonds. The normalized spacial score (nSPS) is 14.3. The van der Waals surface area contributed by atoms with Crippen molar-refractivity contribution in [1.29, 1.82) is 0 Å². The molecule has 0 aromatic heterocycles. The number of thioether (sulfide) groups is 1. The average molecular weight is 539 g/mol. The number of benzene rings is 3. The van der Waals surface area contributed by atoms with Gasteiger partial charge in [0, 0.05) is 35.3 Å². The van der Waals surface area contributed by atoms with Crippen LogP contribution in [0.4, 0.5) is 4.39 Å². The number of amides is 2. The fourth-order valence-electron chi connectivity index (χ4n) is 4.70. The summed E-state index contributed by atoms with van der Waals surface area (Å²) in [6.07, 6.45) is 4.57. The third kappa shape index (κ3) is 7.83. The van der Waals surface area contributed by atoms with Crippen LogP contribution in [0, 0.1) is 5.82 Å². The van der Waals surface area contributed by atoms with Crippen LogP contribution >= 0.6 is 23.4 Å². The van der Waals surface area contributed by atoms with Crippen LogP contribution < -0.4 is 5.32 Å². The van der Waals surface area contributed by atoms with Gasteiger partial charge >= 0.3 is 0 Å². The lowest BCUT2D eigenvalue weighted by Gasteiger charge is -2.32. The topological polar surface area (TPSA) is 49.4 Å². The van der Waals surface area contributed by atoms with Crippen LogP contribution in [0.2, 0.25) is 5.02 Å². The van der Waals surface area contributed by atoms with Crippen molar-refractivity contribution in [3.8, 4) is 0 Å². The fraction of sp³-hybridized carbons (Fsp3) is 0.333. The molecule has 0 bridgehead atoms. The summed E-state index contributed by atoms with van der Waals surface area (Å²) in [5.41, 5.74) is 2.33. The largest absolute Gasteiger partial charge is 0.352 e. The molecular formula is C30H32ClFN2O2S. The van der Waals surface area contributed by atoms with Crippen LogP contribution in [0.5, 0.6) is 0 Å². The van der Waals surface area contributed by atoms with E-state index in [2.05, 4.69) is 5.32 Å². The summed E-state index contributed by atoms with van der Waals surface area (Å²) in [6.45, 7) is 0.316. The van der Waals surface area contributed by atoms with Crippen molar-refractivity contribution in [2.45, 2.75) is 56.5 Å². The molecule has 1 fully saturated rings. The van der Waals surface area contributed by atoms with Gasteiger partial charge in [-0.15, -0.1) is 11.8 Å². The number of hydrogen-bond acceptors (Lipinski definition) is 3. The zero-order chi connectivity index (χ0) is 26.0. The Morgan fingerprint density at radius 1 is 0.946 bits per heavy atom. The zero-order valence-corrected chi connectivity index (χ0v) is 22.3. The monoisotopic (exact) mass is 538 g/mol. The van der Waals surface area contributed by atoms with Gasteiger partial charge in [-0.05, 0) is 36.1 Å². The van der Waals surface area contributed by atoms with Crippen molar-refractivity contribution in [3.63, 3.8) is 0 Å². The van der Waals surface area contributed by atoms with Gasteiger partial charge in [0.15, 0.2) is 0 Å². The van der Waals surface area contributed by atoms with Crippen molar-refractivity contribution >= 4 is 35.2 Å². The Hall–Kier alpha value is -2.83. The summed E-state index contributed by atoms with van der Waals surface area (Å²) < 4.78 is 14.2. The van der Waals surface area contributed by atoms with E-state index in [0.717, 1.165) is 36.8 Å². The van der Waals surface area contributed by atoms with E-state index >= 15 is 0 Å². The molecular weight excluding hydrogens is 507 g/mol. The summed E-state index contributed by atoms with van der Waals surface area (Å²) in [6, 6.07) is 23.6. The van der Waals surface area contributed by atoms with Crippen LogP contribution in [0.15, 0.2) is 78.9 Å². The molecule has 4 rings (SSSR count). The van der Waals surface area contributed by atoms with Gasteiger partial charge in [-0.3, -0.25) is 9.59 Å². The Morgan fingerprint density at radius 2 is 1.59 bits per heavy atom. The Kier molecular flexibility index (Phi) is 10.0. The van der Waals surface area contributed by atoms with E-state index in [1.165, 1.54) is 17.8 Å². The van der Waals surface area contributed by atoms with Gasteiger partial charge in [-0.1, -0.05) is 91.2 Å². The molecule has 1 saturated carbocycles. The summed E-state index contributed by atoms with van der Waals surface area (Å²) in [5.74, 6) is -0.287. The van der Waals surface area contributed by atoms with Crippen molar-refractivity contribution in [3.05, 3.63) is 106 Å². The Labute approximate surface area is 227 Å². The molecule has 0 saturated heterocycles. The van der Waals surface area contributed by atoms with Crippen molar-refractivity contribution in [2.24, 2.45) is 0 Å². The smallest absolute Gasteiger partial charge is 0.243 e. The molecule has 194 valence electrons. The quantitative estimate of drug-likeness (QED) is 0.307. The SMILES string of the molecule is O=C(NC1CCCC1)C(Cc1ccccc1)N(Cc1ccccc1)C(=O)CSCc1c(F)cccc1Cl. The molecule has 1 atom stereocenters. The predicted molar refractivity (Wildman–Crippen MR) is 149 cm³/mol. The van der Waals surface area contributed by atoms with Crippen molar-refractivity contribution in [1.82, 2.24) is 10.2 Å². The molecule has 0 heterocycles. The minimum absolute atomic E-state index is 0.111. The molecule has 7 heteroatoms. The molecule has 0 radical (unpaired) electrons. The van der Waals surface area contributed by atoms with Crippen LogP contribution in [-0.4, -0.2) is 34.6 Å². The first kappa shape index (κ1) is 27.2. The van der Waals surface area contributed by atoms with Gasteiger partial charge in [0.25, 0.3) is 0 Å². The van der Waals surface area contributed by atoms with E-state index in [9.17, 15) is 14.0 Å². The number of carbonyl (C=O) groups excluding carboxylic acids is 2. The number of carbonyl (C=O) groups is 2. The van der Waals surface area contributed by atoms with E-state index < -0.39 is 6.04 Å². The highest BCUT2D eigenvalue weighted by Crippen LogP contribution is 2.25. The summed E-state index contributed by atoms with van der Waals surface area (Å²) in [4.78, 5) is 29.0. The maximum Gasteiger partial charge on any atom is 0.243 e. The first-order chi connectivity index (χ1) is 18.0. The van der Waals surface area contributed by atoms with Crippen molar-refractivity contribution < 1.29 is 14.0 Å². The van der Waals surface area contributed by atoms with E-state index in [1.54, 1.807) is 17.0 Å². The second-order valence-electron chi connectivity index (χ2n) is 9.40. The third-order valence-corrected chi connectivity index (χ3v) is 8.00. The minimum atomic E-state index is -0.659. The lowest BCUT2D eigenvalue weighted by Crippen LogP contribution is -2.52. The molecule has 3 aromatic carbocycles. The number of nitrogens with one attached hydrogen (secondary N) is 1. The van der Waals surface area contributed by atoms with Gasteiger partial charge in [0.2, 0.25) is 11.8 Å². The second kappa shape index (κ2) is 13.6. The zero-order valence-electron chi connectivity index (χ0n) is 20.7. The van der Waals surface area contributed by atoms with Crippen LogP contribution in [0.1, 0.15) is 42.4 Å². The number of halogens is 2. The van der Waals surface area contributed by atoms with Gasteiger partial charge in [-0.2, -0.15) is 0 Å². The molecule has 0 aliphatic heterocycles. The molecule has 3 aromatic rings. The van der Waals surface area contributed by atoms with Gasteiger partial charge in [0.1, 0.15) is 11.9 Å². The number of nitrogens with zero attached hydrogens (tertiary/aromatic N) is 1. The first-order valence-electron chi connectivity index (χ1n) is 12.7. The molecule has 1 N–H and O–H groups in total. The third-order valence-electron chi connectivity index (χ3n) is 6.70. The van der Waals surface area contributed by atoms with Crippen LogP contribution in [0.25, 0.3) is 0 Å². The minimum Gasteiger partial charge on any atom is -0.352 e. The highest BCUT2D eigenvalue weighted by molar-refractivity contribution is 7.99. The second-order valence-corrected chi connectivity index (χ2v) is 10.8. The highest BCUT2D eigenvalue weighted by atomic mass is 35.5. The Balaban J connectivity index is 1.56. The van der Waals surface area contributed by atoms with Crippen LogP contribution in [-0.2, 0) is 28.3 Å². The summed E-state index contributed by atoms with van der Waals surface area (Å²) >= 11 is 7.48. The lowest BCUT2D eigenvalue weighted by molar-refractivity contribution is -0.139. The summed E-state index contributed by atoms with van der Waals surface area (Å²) in [5, 5.41) is 3.56. The van der Waals surface area contributed by atoms with Crippen LogP contribution in [0.3, 0.4) is 0 Å². The van der Waals surface area contributed by atoms with Gasteiger partial charge < -0.3 is 10.2 Å². The molecule has 0 spiro atoms. The number of rotatable bonds is 11. The van der Waals surface area contributed by atoms with E-state index in [0.29, 0.717) is 23.6 Å². The molecule has 4 nitrogen and oxygen atoms in total. The van der Waals surface area contributed by atoms with Gasteiger partial charge in [-0.25, -0.2) is 4.39 Å². The Bertz CT molecular complexity index is 1150. The summed E-state index contributed by atoms with van der Waals surface area (Å²) in [7, 11) is 0. The van der Waals surface area contributed by atoms with Crippen molar-refractivity contribution in [2.75, 3.05) is 5.75 Å². The number of hydrogen-bond donors (Lipinski definition) is 1. The highest BCUT2D eigenvalue weighted by Gasteiger charge is 2.32. The van der Waals surface area contributed by atoms with Gasteiger partial charge in [0.05, 0.1) is 5.75 Å². The lowest BCUT2D eigenvalue weighted by atomic mass is 10.0. The van der Waals surface area contributed by atoms with E-state index in [4.69, 9.17) is 11.6 Å². The maximum absolute atomic E-state index is 14.2. The van der Waals surface area contributed by atoms with E-state index in [-0.39, 0.29) is 35.2 Å². The fourth-order valence-corrected chi connectivity index (χ4v) is 5.94. The average Bonchev–Trinajstić information content (AvgIpc) is 3.42. The standard InChI is InChI=1S/C30H32ClFN2O2S/c31-26-16-9-17-27(32)25(26)20-37-21-29(35)34(19-23-12-5-2-6-13-23)28(18-22-10-3-1-4-11-22)30(36)33-24-14-7-8-15-24/h1-6,9-13,16-17,24,28H,7-8,14-15,18-21H2,(H,33,36). The van der Waals surface area contributed by atoms with E-state index in [1.807, 2.05) is 60.7 Å². The maximum atomic E-state index is 14.2. The molecule has 1 unspecified atom stereocenters. The first-order valence-corrected chi connectivity index (χ1v) is 14.2. The Morgan fingerprint density at radius 3 is 2.24 bits per heavy atom. The molecule has 1 aliphatic carbocycles. The predicted octanol–water partition coefficient (Wildman–Crippen LogP) is 6.41. The molecule has 37 heavy (non-hydrogen) atoms.